The van der Waals surface area contributed by atoms with Crippen LogP contribution in [0.1, 0.15) is 23.0 Å². The lowest BCUT2D eigenvalue weighted by Gasteiger charge is -2.06. The zero-order chi connectivity index (χ0) is 18.1. The summed E-state index contributed by atoms with van der Waals surface area (Å²) in [5, 5.41) is 3.22. The summed E-state index contributed by atoms with van der Waals surface area (Å²) < 4.78 is 10.9. The molecule has 0 fully saturated rings. The molecule has 130 valence electrons. The number of nitrogens with one attached hydrogen (secondary N) is 1. The molecule has 6 nitrogen and oxygen atoms in total. The van der Waals surface area contributed by atoms with Gasteiger partial charge in [0, 0.05) is 11.9 Å². The van der Waals surface area contributed by atoms with Gasteiger partial charge in [-0.25, -0.2) is 4.98 Å². The number of nitrogens with zero attached hydrogens (tertiary/aromatic N) is 2. The second kappa shape index (κ2) is 6.65. The van der Waals surface area contributed by atoms with Crippen molar-refractivity contribution in [1.82, 2.24) is 9.97 Å². The molecule has 3 heterocycles. The number of furan rings is 1. The van der Waals surface area contributed by atoms with E-state index in [0.29, 0.717) is 33.4 Å². The third-order valence-corrected chi connectivity index (χ3v) is 4.24. The first kappa shape index (κ1) is 16.4. The summed E-state index contributed by atoms with van der Waals surface area (Å²) >= 11 is 6.30. The van der Waals surface area contributed by atoms with E-state index in [0.717, 1.165) is 12.0 Å². The summed E-state index contributed by atoms with van der Waals surface area (Å²) in [4.78, 5) is 20.8. The normalized spacial score (nSPS) is 11.0. The van der Waals surface area contributed by atoms with Crippen LogP contribution in [0, 0.1) is 0 Å². The van der Waals surface area contributed by atoms with E-state index in [1.165, 1.54) is 6.26 Å². The van der Waals surface area contributed by atoms with Gasteiger partial charge in [0.05, 0.1) is 16.8 Å². The first-order chi connectivity index (χ1) is 12.6. The number of hydrogen-bond acceptors (Lipinski definition) is 5. The van der Waals surface area contributed by atoms with Gasteiger partial charge in [0.1, 0.15) is 0 Å². The van der Waals surface area contributed by atoms with E-state index < -0.39 is 0 Å². The molecule has 1 N–H and O–H groups in total. The zero-order valence-electron chi connectivity index (χ0n) is 13.8. The van der Waals surface area contributed by atoms with E-state index in [4.69, 9.17) is 20.4 Å². The summed E-state index contributed by atoms with van der Waals surface area (Å²) in [6.45, 7) is 2.04. The minimum atomic E-state index is -0.352. The fraction of sp³-hybridized carbons (Fsp3) is 0.105. The van der Waals surface area contributed by atoms with Crippen molar-refractivity contribution in [2.75, 3.05) is 5.32 Å². The maximum atomic E-state index is 12.1. The summed E-state index contributed by atoms with van der Waals surface area (Å²) in [7, 11) is 0. The van der Waals surface area contributed by atoms with Gasteiger partial charge >= 0.3 is 0 Å². The molecule has 0 spiro atoms. The predicted octanol–water partition coefficient (Wildman–Crippen LogP) is 4.95. The molecule has 4 rings (SSSR count). The highest BCUT2D eigenvalue weighted by molar-refractivity contribution is 6.33. The van der Waals surface area contributed by atoms with Gasteiger partial charge in [-0.05, 0) is 48.4 Å². The van der Waals surface area contributed by atoms with Crippen molar-refractivity contribution in [1.29, 1.82) is 0 Å². The molecule has 7 heteroatoms. The molecule has 0 atom stereocenters. The number of benzene rings is 1. The number of amides is 1. The number of fused-ring (bicyclic) bond motifs is 1. The van der Waals surface area contributed by atoms with Crippen molar-refractivity contribution in [3.8, 4) is 11.5 Å². The largest absolute Gasteiger partial charge is 0.459 e. The predicted molar refractivity (Wildman–Crippen MR) is 98.3 cm³/mol. The van der Waals surface area contributed by atoms with Crippen LogP contribution in [-0.4, -0.2) is 15.9 Å². The first-order valence-corrected chi connectivity index (χ1v) is 8.42. The topological polar surface area (TPSA) is 81.2 Å². The highest BCUT2D eigenvalue weighted by Crippen LogP contribution is 2.32. The van der Waals surface area contributed by atoms with Crippen LogP contribution in [0.5, 0.6) is 0 Å². The molecule has 0 aliphatic carbocycles. The summed E-state index contributed by atoms with van der Waals surface area (Å²) in [5.74, 6) is 0.217. The van der Waals surface area contributed by atoms with Crippen LogP contribution < -0.4 is 5.32 Å². The van der Waals surface area contributed by atoms with Gasteiger partial charge in [-0.1, -0.05) is 18.5 Å². The van der Waals surface area contributed by atoms with E-state index in [-0.39, 0.29) is 11.7 Å². The fourth-order valence-electron chi connectivity index (χ4n) is 2.54. The van der Waals surface area contributed by atoms with Crippen LogP contribution in [-0.2, 0) is 6.42 Å². The molecule has 0 saturated carbocycles. The Morgan fingerprint density at radius 1 is 1.27 bits per heavy atom. The van der Waals surface area contributed by atoms with Crippen LogP contribution in [0.25, 0.3) is 22.7 Å². The highest BCUT2D eigenvalue weighted by atomic mass is 35.5. The number of aromatic nitrogens is 2. The summed E-state index contributed by atoms with van der Waals surface area (Å²) in [6, 6.07) is 10.2. The average Bonchev–Trinajstić information content (AvgIpc) is 3.32. The third-order valence-electron chi connectivity index (χ3n) is 3.91. The van der Waals surface area contributed by atoms with Crippen molar-refractivity contribution < 1.29 is 13.6 Å². The van der Waals surface area contributed by atoms with Crippen molar-refractivity contribution in [2.24, 2.45) is 0 Å². The lowest BCUT2D eigenvalue weighted by atomic mass is 10.2. The quantitative estimate of drug-likeness (QED) is 0.551. The molecule has 3 aromatic heterocycles. The van der Waals surface area contributed by atoms with Crippen LogP contribution in [0.2, 0.25) is 5.02 Å². The van der Waals surface area contributed by atoms with E-state index in [9.17, 15) is 4.79 Å². The molecule has 0 aliphatic heterocycles. The van der Waals surface area contributed by atoms with Crippen LogP contribution in [0.3, 0.4) is 0 Å². The molecule has 1 aromatic carbocycles. The summed E-state index contributed by atoms with van der Waals surface area (Å²) in [6.07, 6.45) is 4.07. The molecular weight excluding hydrogens is 354 g/mol. The standard InChI is InChI=1S/C19H14ClN3O3/c1-2-11-8-16-17(21-10-11)23-19(26-16)13-9-12(5-6-14(13)20)22-18(24)15-4-3-7-25-15/h3-10H,2H2,1H3,(H,22,24). The van der Waals surface area contributed by atoms with E-state index in [1.807, 2.05) is 13.0 Å². The Balaban J connectivity index is 1.69. The number of carbonyl (C=O) groups excluding carboxylic acids is 1. The van der Waals surface area contributed by atoms with Crippen molar-refractivity contribution in [2.45, 2.75) is 13.3 Å². The Morgan fingerprint density at radius 2 is 2.15 bits per heavy atom. The minimum Gasteiger partial charge on any atom is -0.459 e. The number of anilines is 1. The van der Waals surface area contributed by atoms with Gasteiger partial charge in [-0.3, -0.25) is 4.79 Å². The maximum absolute atomic E-state index is 12.1. The smallest absolute Gasteiger partial charge is 0.291 e. The van der Waals surface area contributed by atoms with Crippen molar-refractivity contribution >= 4 is 34.4 Å². The monoisotopic (exact) mass is 367 g/mol. The third kappa shape index (κ3) is 3.07. The number of halogens is 1. The molecule has 0 saturated heterocycles. The second-order valence-corrected chi connectivity index (χ2v) is 6.07. The molecule has 26 heavy (non-hydrogen) atoms. The Morgan fingerprint density at radius 3 is 2.92 bits per heavy atom. The Hall–Kier alpha value is -3.12. The SMILES string of the molecule is CCc1cnc2nc(-c3cc(NC(=O)c4ccco4)ccc3Cl)oc2c1. The zero-order valence-corrected chi connectivity index (χ0v) is 14.6. The van der Waals surface area contributed by atoms with Gasteiger partial charge in [0.2, 0.25) is 5.89 Å². The summed E-state index contributed by atoms with van der Waals surface area (Å²) in [5.41, 5.74) is 3.29. The number of pyridine rings is 1. The molecule has 0 radical (unpaired) electrons. The van der Waals surface area contributed by atoms with Gasteiger partial charge in [-0.15, -0.1) is 0 Å². The van der Waals surface area contributed by atoms with Gasteiger partial charge in [-0.2, -0.15) is 4.98 Å². The van der Waals surface area contributed by atoms with Crippen molar-refractivity contribution in [3.63, 3.8) is 0 Å². The van der Waals surface area contributed by atoms with Gasteiger partial charge < -0.3 is 14.2 Å². The number of hydrogen-bond donors (Lipinski definition) is 1. The minimum absolute atomic E-state index is 0.222. The van der Waals surface area contributed by atoms with Crippen molar-refractivity contribution in [3.05, 3.63) is 65.2 Å². The highest BCUT2D eigenvalue weighted by Gasteiger charge is 2.15. The van der Waals surface area contributed by atoms with E-state index in [1.54, 1.807) is 36.5 Å². The molecule has 4 aromatic rings. The Kier molecular flexibility index (Phi) is 4.18. The lowest BCUT2D eigenvalue weighted by Crippen LogP contribution is -2.10. The lowest BCUT2D eigenvalue weighted by molar-refractivity contribution is 0.0996. The number of rotatable bonds is 4. The van der Waals surface area contributed by atoms with Gasteiger partial charge in [0.25, 0.3) is 5.91 Å². The van der Waals surface area contributed by atoms with E-state index in [2.05, 4.69) is 15.3 Å². The number of aryl methyl sites for hydroxylation is 1. The number of carbonyl (C=O) groups is 1. The second-order valence-electron chi connectivity index (χ2n) is 5.66. The maximum Gasteiger partial charge on any atom is 0.291 e. The first-order valence-electron chi connectivity index (χ1n) is 8.04. The van der Waals surface area contributed by atoms with Crippen LogP contribution in [0.4, 0.5) is 5.69 Å². The van der Waals surface area contributed by atoms with E-state index >= 15 is 0 Å². The van der Waals surface area contributed by atoms with Crippen LogP contribution >= 0.6 is 11.6 Å². The Labute approximate surface area is 153 Å². The Bertz CT molecular complexity index is 1090. The van der Waals surface area contributed by atoms with Gasteiger partial charge in [0.15, 0.2) is 17.0 Å². The average molecular weight is 368 g/mol. The molecule has 0 aliphatic rings. The fourth-order valence-corrected chi connectivity index (χ4v) is 2.73. The molecule has 0 unspecified atom stereocenters. The number of oxazole rings is 1. The van der Waals surface area contributed by atoms with Crippen LogP contribution in [0.15, 0.2) is 57.7 Å². The molecule has 1 amide bonds. The molecule has 0 bridgehead atoms. The molecular formula is C19H14ClN3O3.